The van der Waals surface area contributed by atoms with Crippen LogP contribution >= 0.6 is 0 Å². The molecule has 0 aliphatic heterocycles. The molecule has 0 aliphatic rings. The van der Waals surface area contributed by atoms with E-state index >= 15 is 0 Å². The van der Waals surface area contributed by atoms with Gasteiger partial charge < -0.3 is 15.0 Å². The first-order chi connectivity index (χ1) is 8.20. The predicted molar refractivity (Wildman–Crippen MR) is 75.6 cm³/mol. The Hall–Kier alpha value is -0.120. The quantitative estimate of drug-likeness (QED) is 0.534. The fourth-order valence-electron chi connectivity index (χ4n) is 1.81. The van der Waals surface area contributed by atoms with E-state index in [1.54, 1.807) is 0 Å². The smallest absolute Gasteiger partial charge is 0.0466 e. The highest BCUT2D eigenvalue weighted by molar-refractivity contribution is 4.59. The molecule has 0 radical (unpaired) electrons. The normalized spacial score (nSPS) is 11.6. The van der Waals surface area contributed by atoms with Crippen LogP contribution in [0, 0.1) is 0 Å². The first-order valence-corrected chi connectivity index (χ1v) is 7.24. The van der Waals surface area contributed by atoms with Gasteiger partial charge in [0.25, 0.3) is 0 Å². The largest absolute Gasteiger partial charge is 0.382 e. The molecule has 104 valence electrons. The molecule has 0 rings (SSSR count). The zero-order valence-electron chi connectivity index (χ0n) is 12.3. The molecule has 0 aromatic rings. The Kier molecular flexibility index (Phi) is 12.3. The van der Waals surface area contributed by atoms with Gasteiger partial charge in [-0.15, -0.1) is 0 Å². The third-order valence-corrected chi connectivity index (χ3v) is 2.87. The molecule has 0 amide bonds. The molecule has 0 heterocycles. The van der Waals surface area contributed by atoms with Crippen molar-refractivity contribution in [1.29, 1.82) is 0 Å². The maximum Gasteiger partial charge on any atom is 0.0466 e. The van der Waals surface area contributed by atoms with Crippen molar-refractivity contribution in [3.8, 4) is 0 Å². The summed E-state index contributed by atoms with van der Waals surface area (Å²) < 4.78 is 5.35. The second kappa shape index (κ2) is 12.3. The highest BCUT2D eigenvalue weighted by atomic mass is 16.5. The minimum Gasteiger partial charge on any atom is -0.382 e. The van der Waals surface area contributed by atoms with Crippen molar-refractivity contribution in [2.45, 2.75) is 53.0 Å². The van der Waals surface area contributed by atoms with Crippen molar-refractivity contribution < 1.29 is 4.74 Å². The van der Waals surface area contributed by atoms with E-state index in [9.17, 15) is 0 Å². The maximum absolute atomic E-state index is 5.35. The lowest BCUT2D eigenvalue weighted by atomic mass is 10.2. The SMILES string of the molecule is CCOCCCCN(CC)CCCNC(C)C. The molecule has 0 aromatic heterocycles. The Balaban J connectivity index is 3.36. The van der Waals surface area contributed by atoms with Crippen LogP contribution in [0.25, 0.3) is 0 Å². The summed E-state index contributed by atoms with van der Waals surface area (Å²) in [5.41, 5.74) is 0. The maximum atomic E-state index is 5.35. The molecule has 0 atom stereocenters. The molecule has 0 fully saturated rings. The molecule has 3 nitrogen and oxygen atoms in total. The summed E-state index contributed by atoms with van der Waals surface area (Å²) in [6, 6.07) is 0.608. The standard InChI is InChI=1S/C14H32N2O/c1-5-16(11-7-8-13-17-6-2)12-9-10-15-14(3)4/h14-15H,5-13H2,1-4H3. The third-order valence-electron chi connectivity index (χ3n) is 2.87. The molecule has 0 saturated heterocycles. The summed E-state index contributed by atoms with van der Waals surface area (Å²) in [6.45, 7) is 15.2. The van der Waals surface area contributed by atoms with E-state index in [1.807, 2.05) is 0 Å². The number of unbranched alkanes of at least 4 members (excludes halogenated alkanes) is 1. The van der Waals surface area contributed by atoms with E-state index in [0.717, 1.165) is 26.3 Å². The number of hydrogen-bond donors (Lipinski definition) is 1. The molecule has 0 saturated carbocycles. The summed E-state index contributed by atoms with van der Waals surface area (Å²) >= 11 is 0. The van der Waals surface area contributed by atoms with Crippen molar-refractivity contribution >= 4 is 0 Å². The Morgan fingerprint density at radius 2 is 1.76 bits per heavy atom. The zero-order chi connectivity index (χ0) is 12.9. The third kappa shape index (κ3) is 12.1. The summed E-state index contributed by atoms with van der Waals surface area (Å²) in [7, 11) is 0. The van der Waals surface area contributed by atoms with Gasteiger partial charge in [-0.05, 0) is 52.4 Å². The van der Waals surface area contributed by atoms with Crippen LogP contribution in [0.4, 0.5) is 0 Å². The van der Waals surface area contributed by atoms with E-state index in [-0.39, 0.29) is 0 Å². The summed E-state index contributed by atoms with van der Waals surface area (Å²) in [5, 5.41) is 3.46. The first-order valence-electron chi connectivity index (χ1n) is 7.24. The highest BCUT2D eigenvalue weighted by Gasteiger charge is 2.01. The van der Waals surface area contributed by atoms with Crippen LogP contribution in [-0.2, 0) is 4.74 Å². The summed E-state index contributed by atoms with van der Waals surface area (Å²) in [5.74, 6) is 0. The molecule has 0 unspecified atom stereocenters. The van der Waals surface area contributed by atoms with Crippen LogP contribution in [0.5, 0.6) is 0 Å². The van der Waals surface area contributed by atoms with Crippen molar-refractivity contribution in [2.24, 2.45) is 0 Å². The zero-order valence-corrected chi connectivity index (χ0v) is 12.3. The molecule has 1 N–H and O–H groups in total. The van der Waals surface area contributed by atoms with E-state index in [2.05, 4.69) is 37.9 Å². The van der Waals surface area contributed by atoms with E-state index in [0.29, 0.717) is 6.04 Å². The van der Waals surface area contributed by atoms with Gasteiger partial charge in [-0.2, -0.15) is 0 Å². The number of nitrogens with one attached hydrogen (secondary N) is 1. The predicted octanol–water partition coefficient (Wildman–Crippen LogP) is 2.51. The highest BCUT2D eigenvalue weighted by Crippen LogP contribution is 1.97. The number of hydrogen-bond acceptors (Lipinski definition) is 3. The Morgan fingerprint density at radius 3 is 2.35 bits per heavy atom. The average Bonchev–Trinajstić information content (AvgIpc) is 2.31. The van der Waals surface area contributed by atoms with Crippen molar-refractivity contribution in [2.75, 3.05) is 39.4 Å². The van der Waals surface area contributed by atoms with Crippen molar-refractivity contribution in [3.05, 3.63) is 0 Å². The molecule has 3 heteroatoms. The molecule has 17 heavy (non-hydrogen) atoms. The van der Waals surface area contributed by atoms with Crippen molar-refractivity contribution in [3.63, 3.8) is 0 Å². The fourth-order valence-corrected chi connectivity index (χ4v) is 1.81. The minimum absolute atomic E-state index is 0.608. The van der Waals surface area contributed by atoms with Gasteiger partial charge in [-0.3, -0.25) is 0 Å². The van der Waals surface area contributed by atoms with E-state index in [4.69, 9.17) is 4.74 Å². The van der Waals surface area contributed by atoms with Crippen LogP contribution in [0.15, 0.2) is 0 Å². The number of nitrogens with zero attached hydrogens (tertiary/aromatic N) is 1. The number of rotatable bonds is 12. The monoisotopic (exact) mass is 244 g/mol. The molecular weight excluding hydrogens is 212 g/mol. The minimum atomic E-state index is 0.608. The van der Waals surface area contributed by atoms with Crippen LogP contribution in [0.2, 0.25) is 0 Å². The van der Waals surface area contributed by atoms with Gasteiger partial charge in [-0.1, -0.05) is 20.8 Å². The van der Waals surface area contributed by atoms with Gasteiger partial charge in [0.1, 0.15) is 0 Å². The lowest BCUT2D eigenvalue weighted by molar-refractivity contribution is 0.139. The van der Waals surface area contributed by atoms with Crippen LogP contribution in [-0.4, -0.2) is 50.3 Å². The van der Waals surface area contributed by atoms with Crippen LogP contribution < -0.4 is 5.32 Å². The molecule has 0 aromatic carbocycles. The molecule has 0 bridgehead atoms. The summed E-state index contributed by atoms with van der Waals surface area (Å²) in [4.78, 5) is 2.54. The Bertz CT molecular complexity index is 151. The molecule has 0 aliphatic carbocycles. The van der Waals surface area contributed by atoms with Gasteiger partial charge in [0.2, 0.25) is 0 Å². The van der Waals surface area contributed by atoms with Crippen LogP contribution in [0.3, 0.4) is 0 Å². The number of ether oxygens (including phenoxy) is 1. The van der Waals surface area contributed by atoms with Gasteiger partial charge in [-0.25, -0.2) is 0 Å². The van der Waals surface area contributed by atoms with E-state index < -0.39 is 0 Å². The Labute approximate surface area is 108 Å². The lowest BCUT2D eigenvalue weighted by Crippen LogP contribution is -2.30. The van der Waals surface area contributed by atoms with Gasteiger partial charge in [0.15, 0.2) is 0 Å². The summed E-state index contributed by atoms with van der Waals surface area (Å²) in [6.07, 6.45) is 3.69. The molecule has 0 spiro atoms. The first kappa shape index (κ1) is 16.9. The topological polar surface area (TPSA) is 24.5 Å². The van der Waals surface area contributed by atoms with Crippen LogP contribution in [0.1, 0.15) is 47.0 Å². The fraction of sp³-hybridized carbons (Fsp3) is 1.00. The average molecular weight is 244 g/mol. The van der Waals surface area contributed by atoms with Gasteiger partial charge in [0, 0.05) is 19.3 Å². The second-order valence-corrected chi connectivity index (χ2v) is 4.80. The van der Waals surface area contributed by atoms with Gasteiger partial charge in [0.05, 0.1) is 0 Å². The van der Waals surface area contributed by atoms with Crippen molar-refractivity contribution in [1.82, 2.24) is 10.2 Å². The second-order valence-electron chi connectivity index (χ2n) is 4.80. The lowest BCUT2D eigenvalue weighted by Gasteiger charge is -2.20. The Morgan fingerprint density at radius 1 is 1.06 bits per heavy atom. The van der Waals surface area contributed by atoms with Gasteiger partial charge >= 0.3 is 0 Å². The van der Waals surface area contributed by atoms with E-state index in [1.165, 1.54) is 32.4 Å². The molecular formula is C14H32N2O.